The van der Waals surface area contributed by atoms with Crippen molar-refractivity contribution in [1.29, 1.82) is 0 Å². The van der Waals surface area contributed by atoms with E-state index in [9.17, 15) is 9.59 Å². The number of pyridine rings is 1. The molecule has 7 nitrogen and oxygen atoms in total. The summed E-state index contributed by atoms with van der Waals surface area (Å²) in [6, 6.07) is 8.72. The lowest BCUT2D eigenvalue weighted by atomic mass is 10.0. The number of amides is 1. The predicted molar refractivity (Wildman–Crippen MR) is 127 cm³/mol. The lowest BCUT2D eigenvalue weighted by molar-refractivity contribution is -0.122. The van der Waals surface area contributed by atoms with Crippen molar-refractivity contribution in [3.05, 3.63) is 62.6 Å². The van der Waals surface area contributed by atoms with Gasteiger partial charge >= 0.3 is 0 Å². The molecule has 0 saturated carbocycles. The Balaban J connectivity index is 1.30. The van der Waals surface area contributed by atoms with Crippen molar-refractivity contribution < 1.29 is 4.79 Å². The zero-order valence-electron chi connectivity index (χ0n) is 19.5. The van der Waals surface area contributed by atoms with E-state index in [0.717, 1.165) is 54.8 Å². The summed E-state index contributed by atoms with van der Waals surface area (Å²) >= 11 is 0. The molecule has 1 aliphatic rings. The molecule has 4 rings (SSSR count). The first kappa shape index (κ1) is 22.3. The molecule has 0 aliphatic carbocycles. The van der Waals surface area contributed by atoms with Gasteiger partial charge in [-0.25, -0.2) is 0 Å². The summed E-state index contributed by atoms with van der Waals surface area (Å²) in [5.41, 5.74) is 5.79. The molecule has 1 fully saturated rings. The monoisotopic (exact) mass is 435 g/mol. The van der Waals surface area contributed by atoms with Crippen LogP contribution in [0.4, 0.5) is 0 Å². The number of nitrogens with one attached hydrogen (secondary N) is 2. The number of hydrogen-bond acceptors (Lipinski definition) is 4. The third-order valence-corrected chi connectivity index (χ3v) is 6.77. The van der Waals surface area contributed by atoms with Gasteiger partial charge in [0.25, 0.3) is 5.56 Å². The number of benzene rings is 1. The molecule has 3 aromatic rings. The van der Waals surface area contributed by atoms with E-state index in [0.29, 0.717) is 18.4 Å². The largest absolute Gasteiger partial charge is 0.353 e. The zero-order valence-corrected chi connectivity index (χ0v) is 19.5. The van der Waals surface area contributed by atoms with Crippen LogP contribution in [0.15, 0.2) is 29.1 Å². The minimum Gasteiger partial charge on any atom is -0.353 e. The van der Waals surface area contributed by atoms with E-state index in [1.165, 1.54) is 11.1 Å². The normalized spacial score (nSPS) is 15.4. The van der Waals surface area contributed by atoms with Crippen molar-refractivity contribution in [3.8, 4) is 0 Å². The number of rotatable bonds is 6. The second-order valence-corrected chi connectivity index (χ2v) is 9.03. The van der Waals surface area contributed by atoms with Crippen molar-refractivity contribution in [3.63, 3.8) is 0 Å². The van der Waals surface area contributed by atoms with Crippen molar-refractivity contribution in [2.75, 3.05) is 13.1 Å². The Morgan fingerprint density at radius 1 is 1.19 bits per heavy atom. The summed E-state index contributed by atoms with van der Waals surface area (Å²) < 4.78 is 1.70. The van der Waals surface area contributed by atoms with Gasteiger partial charge in [-0.2, -0.15) is 5.10 Å². The number of carbonyl (C=O) groups is 1. The molecular formula is C25H33N5O2. The number of aromatic amines is 1. The van der Waals surface area contributed by atoms with E-state index in [4.69, 9.17) is 0 Å². The number of aromatic nitrogens is 3. The smallest absolute Gasteiger partial charge is 0.253 e. The molecule has 0 bridgehead atoms. The van der Waals surface area contributed by atoms with Crippen molar-refractivity contribution in [1.82, 2.24) is 25.0 Å². The Hall–Kier alpha value is -2.93. The summed E-state index contributed by atoms with van der Waals surface area (Å²) in [6.07, 6.45) is 2.66. The molecule has 2 aromatic heterocycles. The van der Waals surface area contributed by atoms with Crippen molar-refractivity contribution >= 4 is 16.9 Å². The Kier molecular flexibility index (Phi) is 6.46. The SMILES string of the molecule is Cc1ccccc1CN1CCC(NC(=O)CCc2c(C)c3c(C)nn(C)c3[nH]c2=O)CC1. The quantitative estimate of drug-likeness (QED) is 0.624. The van der Waals surface area contributed by atoms with Crippen LogP contribution in [0.1, 0.15) is 47.2 Å². The third-order valence-electron chi connectivity index (χ3n) is 6.77. The zero-order chi connectivity index (χ0) is 22.8. The van der Waals surface area contributed by atoms with Gasteiger partial charge in [-0.05, 0) is 56.7 Å². The number of aryl methyl sites for hydroxylation is 4. The average Bonchev–Trinajstić information content (AvgIpc) is 3.04. The van der Waals surface area contributed by atoms with E-state index in [1.807, 2.05) is 20.9 Å². The number of hydrogen-bond donors (Lipinski definition) is 2. The lowest BCUT2D eigenvalue weighted by Gasteiger charge is -2.32. The van der Waals surface area contributed by atoms with Gasteiger partial charge in [0, 0.05) is 50.1 Å². The minimum atomic E-state index is -0.129. The fraction of sp³-hybridized carbons (Fsp3) is 0.480. The lowest BCUT2D eigenvalue weighted by Crippen LogP contribution is -2.44. The fourth-order valence-electron chi connectivity index (χ4n) is 4.86. The van der Waals surface area contributed by atoms with Crippen LogP contribution >= 0.6 is 0 Å². The molecule has 0 atom stereocenters. The van der Waals surface area contributed by atoms with E-state index >= 15 is 0 Å². The molecule has 2 N–H and O–H groups in total. The second-order valence-electron chi connectivity index (χ2n) is 9.03. The Morgan fingerprint density at radius 2 is 1.91 bits per heavy atom. The molecule has 170 valence electrons. The average molecular weight is 436 g/mol. The first-order valence-electron chi connectivity index (χ1n) is 11.4. The summed E-state index contributed by atoms with van der Waals surface area (Å²) in [7, 11) is 1.82. The maximum atomic E-state index is 12.6. The first-order chi connectivity index (χ1) is 15.3. The van der Waals surface area contributed by atoms with Crippen LogP contribution in [0.25, 0.3) is 11.0 Å². The van der Waals surface area contributed by atoms with Crippen LogP contribution in [0.3, 0.4) is 0 Å². The molecule has 7 heteroatoms. The Bertz CT molecular complexity index is 1180. The van der Waals surface area contributed by atoms with E-state index < -0.39 is 0 Å². The Morgan fingerprint density at radius 3 is 2.62 bits per heavy atom. The van der Waals surface area contributed by atoms with Crippen LogP contribution in [-0.4, -0.2) is 44.7 Å². The van der Waals surface area contributed by atoms with Gasteiger partial charge < -0.3 is 10.3 Å². The molecule has 1 saturated heterocycles. The minimum absolute atomic E-state index is 0.0177. The van der Waals surface area contributed by atoms with Crippen LogP contribution in [0.5, 0.6) is 0 Å². The molecule has 0 spiro atoms. The molecule has 0 unspecified atom stereocenters. The summed E-state index contributed by atoms with van der Waals surface area (Å²) in [4.78, 5) is 30.6. The van der Waals surface area contributed by atoms with Crippen molar-refractivity contribution in [2.24, 2.45) is 7.05 Å². The molecular weight excluding hydrogens is 402 g/mol. The summed E-state index contributed by atoms with van der Waals surface area (Å²) in [5, 5.41) is 8.56. The predicted octanol–water partition coefficient (Wildman–Crippen LogP) is 2.90. The van der Waals surface area contributed by atoms with Gasteiger partial charge in [0.1, 0.15) is 5.65 Å². The van der Waals surface area contributed by atoms with Gasteiger partial charge in [-0.3, -0.25) is 19.2 Å². The molecule has 3 heterocycles. The molecule has 32 heavy (non-hydrogen) atoms. The number of likely N-dealkylation sites (tertiary alicyclic amines) is 1. The molecule has 1 aliphatic heterocycles. The van der Waals surface area contributed by atoms with Crippen LogP contribution < -0.4 is 10.9 Å². The molecule has 1 amide bonds. The van der Waals surface area contributed by atoms with Gasteiger partial charge in [-0.15, -0.1) is 0 Å². The highest BCUT2D eigenvalue weighted by Crippen LogP contribution is 2.21. The number of nitrogens with zero attached hydrogens (tertiary/aromatic N) is 3. The summed E-state index contributed by atoms with van der Waals surface area (Å²) in [5.74, 6) is 0.0177. The third kappa shape index (κ3) is 4.63. The van der Waals surface area contributed by atoms with E-state index in [2.05, 4.69) is 51.5 Å². The maximum Gasteiger partial charge on any atom is 0.253 e. The highest BCUT2D eigenvalue weighted by Gasteiger charge is 2.22. The second kappa shape index (κ2) is 9.28. The standard InChI is InChI=1S/C25H33N5O2/c1-16-7-5-6-8-19(16)15-30-13-11-20(12-14-30)26-22(31)10-9-21-17(2)23-18(3)28-29(4)24(23)27-25(21)32/h5-8,20H,9-15H2,1-4H3,(H,26,31)(H,27,32). The van der Waals surface area contributed by atoms with Gasteiger partial charge in [0.2, 0.25) is 5.91 Å². The van der Waals surface area contributed by atoms with Gasteiger partial charge in [-0.1, -0.05) is 24.3 Å². The molecule has 0 radical (unpaired) electrons. The number of piperidine rings is 1. The highest BCUT2D eigenvalue weighted by atomic mass is 16.1. The first-order valence-corrected chi connectivity index (χ1v) is 11.4. The van der Waals surface area contributed by atoms with Crippen LogP contribution in [-0.2, 0) is 24.8 Å². The summed E-state index contributed by atoms with van der Waals surface area (Å²) in [6.45, 7) is 8.97. The van der Waals surface area contributed by atoms with E-state index in [1.54, 1.807) is 4.68 Å². The van der Waals surface area contributed by atoms with Gasteiger partial charge in [0.05, 0.1) is 5.69 Å². The van der Waals surface area contributed by atoms with Crippen LogP contribution in [0, 0.1) is 20.8 Å². The van der Waals surface area contributed by atoms with Crippen molar-refractivity contribution in [2.45, 2.75) is 59.0 Å². The number of H-pyrrole nitrogens is 1. The topological polar surface area (TPSA) is 83.0 Å². The number of fused-ring (bicyclic) bond motifs is 1. The van der Waals surface area contributed by atoms with E-state index in [-0.39, 0.29) is 17.5 Å². The highest BCUT2D eigenvalue weighted by molar-refractivity contribution is 5.83. The van der Waals surface area contributed by atoms with Crippen LogP contribution in [0.2, 0.25) is 0 Å². The fourth-order valence-corrected chi connectivity index (χ4v) is 4.86. The maximum absolute atomic E-state index is 12.6. The Labute approximate surface area is 188 Å². The van der Waals surface area contributed by atoms with Gasteiger partial charge in [0.15, 0.2) is 0 Å². The molecule has 1 aromatic carbocycles. The number of carbonyl (C=O) groups excluding carboxylic acids is 1.